The molecule has 72 heavy (non-hydrogen) atoms. The van der Waals surface area contributed by atoms with Crippen molar-refractivity contribution in [2.45, 2.75) is 118 Å². The summed E-state index contributed by atoms with van der Waals surface area (Å²) in [6, 6.07) is 16.6. The van der Waals surface area contributed by atoms with E-state index < -0.39 is 81.6 Å². The van der Waals surface area contributed by atoms with Crippen LogP contribution >= 0.6 is 11.3 Å². The summed E-state index contributed by atoms with van der Waals surface area (Å²) >= 11 is 1.56. The number of ether oxygens (including phenoxy) is 2. The Morgan fingerprint density at radius 1 is 0.986 bits per heavy atom. The molecule has 7 rings (SSSR count). The second-order valence-electron chi connectivity index (χ2n) is 20.7. The van der Waals surface area contributed by atoms with E-state index >= 15 is 0 Å². The lowest BCUT2D eigenvalue weighted by Gasteiger charge is -2.63. The van der Waals surface area contributed by atoms with Crippen LogP contribution in [0.4, 0.5) is 13.2 Å². The average Bonchev–Trinajstić information content (AvgIpc) is 4.09. The number of rotatable bonds is 16. The van der Waals surface area contributed by atoms with Crippen molar-refractivity contribution in [3.05, 3.63) is 112 Å². The van der Waals surface area contributed by atoms with Crippen LogP contribution in [-0.2, 0) is 31.7 Å². The van der Waals surface area contributed by atoms with Crippen molar-refractivity contribution in [1.82, 2.24) is 40.8 Å². The van der Waals surface area contributed by atoms with E-state index in [1.165, 1.54) is 15.6 Å². The largest absolute Gasteiger partial charge is 0.489 e. The molecule has 3 aromatic carbocycles. The van der Waals surface area contributed by atoms with E-state index in [1.807, 2.05) is 65.8 Å². The van der Waals surface area contributed by atoms with Crippen LogP contribution in [0.1, 0.15) is 106 Å². The number of halogens is 3. The lowest BCUT2D eigenvalue weighted by molar-refractivity contribution is -0.164. The lowest BCUT2D eigenvalue weighted by Crippen LogP contribution is -2.74. The van der Waals surface area contributed by atoms with E-state index in [0.717, 1.165) is 33.8 Å². The first-order valence-electron chi connectivity index (χ1n) is 23.6. The number of alkyl halides is 3. The maximum Gasteiger partial charge on any atom is 0.417 e. The third-order valence-electron chi connectivity index (χ3n) is 13.5. The number of β-amino-alcohol motifs (C(OH)–C–C–N with tert-alkyl or cyclic N) is 1. The zero-order valence-electron chi connectivity index (χ0n) is 41.6. The molecule has 1 saturated carbocycles. The molecule has 20 heteroatoms. The van der Waals surface area contributed by atoms with E-state index in [2.05, 4.69) is 31.2 Å². The van der Waals surface area contributed by atoms with E-state index in [9.17, 15) is 42.7 Å². The van der Waals surface area contributed by atoms with Gasteiger partial charge in [0.1, 0.15) is 30.5 Å². The molecule has 0 unspecified atom stereocenters. The van der Waals surface area contributed by atoms with Crippen LogP contribution in [0.5, 0.6) is 5.75 Å². The second-order valence-corrected chi connectivity index (χ2v) is 21.6. The van der Waals surface area contributed by atoms with Gasteiger partial charge in [0, 0.05) is 41.8 Å². The van der Waals surface area contributed by atoms with Crippen molar-refractivity contribution >= 4 is 35.0 Å². The smallest absolute Gasteiger partial charge is 0.417 e. The van der Waals surface area contributed by atoms with Gasteiger partial charge in [0.15, 0.2) is 0 Å². The molecule has 3 heterocycles. The zero-order chi connectivity index (χ0) is 52.5. The highest BCUT2D eigenvalue weighted by atomic mass is 32.1. The number of hydrogen-bond donors (Lipinski definition) is 4. The highest BCUT2D eigenvalue weighted by Gasteiger charge is 2.64. The zero-order valence-corrected chi connectivity index (χ0v) is 42.4. The Labute approximate surface area is 420 Å². The normalized spacial score (nSPS) is 20.1. The molecule has 4 atom stereocenters. The Morgan fingerprint density at radius 2 is 1.67 bits per heavy atom. The van der Waals surface area contributed by atoms with Crippen LogP contribution in [-0.4, -0.2) is 104 Å². The molecule has 0 spiro atoms. The number of carbonyl (C=O) groups is 4. The first-order valence-corrected chi connectivity index (χ1v) is 24.4. The predicted octanol–water partition coefficient (Wildman–Crippen LogP) is 7.13. The topological polar surface area (TPSA) is 214 Å². The molecule has 2 fully saturated rings. The molecule has 1 saturated heterocycles. The fourth-order valence-electron chi connectivity index (χ4n) is 9.94. The summed E-state index contributed by atoms with van der Waals surface area (Å²) in [7, 11) is 0. The summed E-state index contributed by atoms with van der Waals surface area (Å²) in [5.74, 6) is -1.80. The molecule has 1 aliphatic carbocycles. The van der Waals surface area contributed by atoms with E-state index in [4.69, 9.17) is 9.47 Å². The van der Waals surface area contributed by atoms with Crippen LogP contribution in [0.15, 0.2) is 78.4 Å². The molecule has 4 N–H and O–H groups in total. The molecule has 2 aromatic heterocycles. The Balaban J connectivity index is 0.876. The number of thiazole rings is 1. The monoisotopic (exact) mass is 1010 g/mol. The molecule has 4 amide bonds. The van der Waals surface area contributed by atoms with Crippen LogP contribution in [0.3, 0.4) is 0 Å². The number of aliphatic hydroxyl groups excluding tert-OH is 1. The third kappa shape index (κ3) is 11.5. The number of aromatic nitrogens is 4. The molecule has 5 aromatic rings. The first kappa shape index (κ1) is 53.1. The second kappa shape index (κ2) is 20.8. The minimum atomic E-state index is -4.73. The summed E-state index contributed by atoms with van der Waals surface area (Å²) in [6.45, 7) is 16.4. The number of hydrogen-bond acceptors (Lipinski definition) is 12. The minimum Gasteiger partial charge on any atom is -0.489 e. The van der Waals surface area contributed by atoms with E-state index in [0.29, 0.717) is 23.4 Å². The molecular weight excluding hydrogens is 952 g/mol. The molecule has 1 aliphatic heterocycles. The van der Waals surface area contributed by atoms with Crippen LogP contribution in [0.25, 0.3) is 16.1 Å². The van der Waals surface area contributed by atoms with Crippen molar-refractivity contribution in [2.75, 3.05) is 19.8 Å². The average molecular weight is 1010 g/mol. The fraction of sp³-hybridized carbons (Fsp3) is 0.462. The summed E-state index contributed by atoms with van der Waals surface area (Å²) < 4.78 is 54.2. The quantitative estimate of drug-likeness (QED) is 0.0730. The van der Waals surface area contributed by atoms with Crippen LogP contribution < -0.4 is 20.7 Å². The Bertz CT molecular complexity index is 2820. The highest BCUT2D eigenvalue weighted by Crippen LogP contribution is 2.56. The van der Waals surface area contributed by atoms with E-state index in [1.54, 1.807) is 74.2 Å². The Hall–Kier alpha value is -6.69. The number of carbonyl (C=O) groups excluding carboxylic acids is 4. The van der Waals surface area contributed by atoms with Crippen molar-refractivity contribution in [1.29, 1.82) is 5.26 Å². The number of likely N-dealkylation sites (tertiary alicyclic amines) is 1. The van der Waals surface area contributed by atoms with Gasteiger partial charge in [0.25, 0.3) is 5.91 Å². The number of benzene rings is 3. The van der Waals surface area contributed by atoms with Gasteiger partial charge in [-0.3, -0.25) is 19.2 Å². The fourth-order valence-corrected chi connectivity index (χ4v) is 10.8. The van der Waals surface area contributed by atoms with Crippen molar-refractivity contribution in [3.63, 3.8) is 0 Å². The molecule has 0 radical (unpaired) electrons. The number of amides is 4. The standard InChI is InChI=1S/C52H60F3N9O7S/c1-29(31-10-12-32(13-11-31)42-30(2)57-28-72-42)58-45(68)40-22-37(65)26-63(40)46(69)43(49(3,4)5)59-41(66)27-70-21-20-35-25-64(62-61-35)36-17-14-33(15-18-36)44(67)60-47-50(6,7)48(51(47,8)9)71-38-19-16-34(24-56)39(23-38)52(53,54)55/h10-19,23,25,28-29,37,40,43,47-48,65H,20-22,26-27H2,1-9H3,(H,58,68)(H,59,66)(H,60,67)/t29-,37+,40-,43+,47-,48-/m0/s1. The minimum absolute atomic E-state index is 0.0224. The SMILES string of the molecule is Cc1ncsc1-c1ccc([C@H](C)NC(=O)[C@@H]2C[C@@H](O)CN2C(=O)[C@@H](NC(=O)COCCc2cn(-c3ccc(C(=O)N[C@H]4C(C)(C)[C@H](Oc5ccc(C#N)c(C(F)(F)F)c5)C4(C)C)cc3)nn2)C(C)(C)C)cc1. The first-order chi connectivity index (χ1) is 33.8. The summed E-state index contributed by atoms with van der Waals surface area (Å²) in [4.78, 5) is 61.3. The summed E-state index contributed by atoms with van der Waals surface area (Å²) in [5.41, 5.74) is 2.51. The maximum atomic E-state index is 14.1. The van der Waals surface area contributed by atoms with Gasteiger partial charge < -0.3 is 35.4 Å². The molecule has 0 bridgehead atoms. The number of aliphatic hydroxyl groups is 1. The number of nitriles is 1. The van der Waals surface area contributed by atoms with Crippen LogP contribution in [0.2, 0.25) is 0 Å². The van der Waals surface area contributed by atoms with Gasteiger partial charge in [-0.15, -0.1) is 16.4 Å². The molecular formula is C52H60F3N9O7S. The maximum absolute atomic E-state index is 14.1. The summed E-state index contributed by atoms with van der Waals surface area (Å²) in [6.07, 6.45) is -4.16. The van der Waals surface area contributed by atoms with Crippen molar-refractivity contribution < 1.29 is 46.9 Å². The van der Waals surface area contributed by atoms with Crippen molar-refractivity contribution in [2.24, 2.45) is 16.2 Å². The number of aryl methyl sites for hydroxylation is 1. The third-order valence-corrected chi connectivity index (χ3v) is 14.5. The predicted molar refractivity (Wildman–Crippen MR) is 262 cm³/mol. The molecule has 382 valence electrons. The molecule has 2 aliphatic rings. The Kier molecular flexibility index (Phi) is 15.3. The Morgan fingerprint density at radius 3 is 2.28 bits per heavy atom. The highest BCUT2D eigenvalue weighted by molar-refractivity contribution is 7.13. The van der Waals surface area contributed by atoms with Crippen molar-refractivity contribution in [3.8, 4) is 27.9 Å². The van der Waals surface area contributed by atoms with Gasteiger partial charge in [-0.2, -0.15) is 18.4 Å². The van der Waals surface area contributed by atoms with Gasteiger partial charge in [-0.25, -0.2) is 9.67 Å². The van der Waals surface area contributed by atoms with Gasteiger partial charge in [-0.05, 0) is 72.9 Å². The van der Waals surface area contributed by atoms with Gasteiger partial charge in [0.05, 0.1) is 69.6 Å². The van der Waals surface area contributed by atoms with E-state index in [-0.39, 0.29) is 43.9 Å². The van der Waals surface area contributed by atoms with Gasteiger partial charge >= 0.3 is 6.18 Å². The number of nitrogens with zero attached hydrogens (tertiary/aromatic N) is 6. The lowest BCUT2D eigenvalue weighted by atomic mass is 9.49. The summed E-state index contributed by atoms with van der Waals surface area (Å²) in [5, 5.41) is 37.1. The number of nitrogens with one attached hydrogen (secondary N) is 3. The molecule has 16 nitrogen and oxygen atoms in total. The van der Waals surface area contributed by atoms with Gasteiger partial charge in [0.2, 0.25) is 17.7 Å². The van der Waals surface area contributed by atoms with Crippen LogP contribution in [0, 0.1) is 34.5 Å². The van der Waals surface area contributed by atoms with Gasteiger partial charge in [-0.1, -0.05) is 77.9 Å².